The first-order valence-corrected chi connectivity index (χ1v) is 6.17. The van der Waals surface area contributed by atoms with Gasteiger partial charge in [0.05, 0.1) is 5.69 Å². The van der Waals surface area contributed by atoms with Crippen LogP contribution in [-0.2, 0) is 0 Å². The maximum absolute atomic E-state index is 13.7. The Morgan fingerprint density at radius 1 is 1.42 bits per heavy atom. The van der Waals surface area contributed by atoms with Crippen molar-refractivity contribution in [1.82, 2.24) is 4.98 Å². The highest BCUT2D eigenvalue weighted by Gasteiger charge is 2.18. The molecule has 4 nitrogen and oxygen atoms in total. The fourth-order valence-electron chi connectivity index (χ4n) is 1.69. The molecule has 0 unspecified atom stereocenters. The molecule has 2 aromatic rings. The van der Waals surface area contributed by atoms with Crippen molar-refractivity contribution in [3.63, 3.8) is 0 Å². The van der Waals surface area contributed by atoms with Gasteiger partial charge in [-0.2, -0.15) is 0 Å². The highest BCUT2D eigenvalue weighted by molar-refractivity contribution is 9.10. The molecule has 0 radical (unpaired) electrons. The molecule has 0 fully saturated rings. The van der Waals surface area contributed by atoms with Gasteiger partial charge in [0.25, 0.3) is 0 Å². The lowest BCUT2D eigenvalue weighted by Gasteiger charge is -2.20. The Morgan fingerprint density at radius 3 is 2.74 bits per heavy atom. The average Bonchev–Trinajstić information content (AvgIpc) is 2.38. The molecule has 0 amide bonds. The molecule has 0 aliphatic carbocycles. The molecule has 98 valence electrons. The van der Waals surface area contributed by atoms with E-state index in [9.17, 15) is 14.3 Å². The van der Waals surface area contributed by atoms with Crippen LogP contribution in [0, 0.1) is 5.82 Å². The van der Waals surface area contributed by atoms with Crippen molar-refractivity contribution in [2.75, 3.05) is 11.9 Å². The fraction of sp³-hybridized carbons (Fsp3) is 0.0769. The summed E-state index contributed by atoms with van der Waals surface area (Å²) in [5.41, 5.74) is 0.264. The van der Waals surface area contributed by atoms with E-state index in [1.807, 2.05) is 0 Å². The number of rotatable bonds is 3. The van der Waals surface area contributed by atoms with Crippen molar-refractivity contribution in [3.05, 3.63) is 52.4 Å². The maximum Gasteiger partial charge on any atom is 0.339 e. The molecular weight excluding hydrogens is 315 g/mol. The number of halogens is 2. The summed E-state index contributed by atoms with van der Waals surface area (Å²) < 4.78 is 14.3. The van der Waals surface area contributed by atoms with Crippen LogP contribution in [0.5, 0.6) is 0 Å². The van der Waals surface area contributed by atoms with Gasteiger partial charge < -0.3 is 10.0 Å². The first kappa shape index (κ1) is 13.5. The van der Waals surface area contributed by atoms with Gasteiger partial charge in [0.15, 0.2) is 0 Å². The first-order valence-electron chi connectivity index (χ1n) is 5.38. The van der Waals surface area contributed by atoms with Crippen molar-refractivity contribution < 1.29 is 14.3 Å². The number of aromatic nitrogens is 1. The number of para-hydroxylation sites is 1. The second-order valence-corrected chi connectivity index (χ2v) is 4.76. The van der Waals surface area contributed by atoms with Crippen LogP contribution in [0.4, 0.5) is 15.9 Å². The minimum Gasteiger partial charge on any atom is -0.478 e. The van der Waals surface area contributed by atoms with Crippen LogP contribution in [0.25, 0.3) is 0 Å². The molecule has 2 rings (SSSR count). The Labute approximate surface area is 117 Å². The molecule has 19 heavy (non-hydrogen) atoms. The summed E-state index contributed by atoms with van der Waals surface area (Å²) in [5.74, 6) is -1.38. The minimum atomic E-state index is -1.12. The quantitative estimate of drug-likeness (QED) is 0.939. The van der Waals surface area contributed by atoms with E-state index >= 15 is 0 Å². The molecule has 0 bridgehead atoms. The third-order valence-corrected chi connectivity index (χ3v) is 3.03. The molecule has 1 aromatic heterocycles. The molecule has 0 aliphatic rings. The SMILES string of the molecule is CN(c1ccccc1F)c1ncc(Br)cc1C(=O)O. The molecule has 1 aromatic carbocycles. The van der Waals surface area contributed by atoms with Gasteiger partial charge in [-0.15, -0.1) is 0 Å². The van der Waals surface area contributed by atoms with Gasteiger partial charge >= 0.3 is 5.97 Å². The molecule has 1 heterocycles. The summed E-state index contributed by atoms with van der Waals surface area (Å²) in [5, 5.41) is 9.17. The molecule has 0 aliphatic heterocycles. The zero-order chi connectivity index (χ0) is 14.0. The van der Waals surface area contributed by atoms with Crippen LogP contribution < -0.4 is 4.90 Å². The van der Waals surface area contributed by atoms with Gasteiger partial charge in [0.2, 0.25) is 0 Å². The Kier molecular flexibility index (Phi) is 3.80. The molecule has 0 saturated heterocycles. The zero-order valence-corrected chi connectivity index (χ0v) is 11.6. The lowest BCUT2D eigenvalue weighted by Crippen LogP contribution is -2.17. The van der Waals surface area contributed by atoms with Crippen LogP contribution in [0.2, 0.25) is 0 Å². The lowest BCUT2D eigenvalue weighted by molar-refractivity contribution is 0.0697. The standard InChI is InChI=1S/C13H10BrFN2O2/c1-17(11-5-3-2-4-10(11)15)12-9(13(18)19)6-8(14)7-16-12/h2-7H,1H3,(H,18,19). The monoisotopic (exact) mass is 324 g/mol. The molecule has 6 heteroatoms. The van der Waals surface area contributed by atoms with Crippen LogP contribution in [0.15, 0.2) is 41.0 Å². The van der Waals surface area contributed by atoms with E-state index in [2.05, 4.69) is 20.9 Å². The highest BCUT2D eigenvalue weighted by Crippen LogP contribution is 2.28. The third-order valence-electron chi connectivity index (χ3n) is 2.60. The van der Waals surface area contributed by atoms with Crippen LogP contribution in [0.3, 0.4) is 0 Å². The Morgan fingerprint density at radius 2 is 2.11 bits per heavy atom. The summed E-state index contributed by atoms with van der Waals surface area (Å²) in [4.78, 5) is 16.7. The number of hydrogen-bond donors (Lipinski definition) is 1. The van der Waals surface area contributed by atoms with Crippen molar-refractivity contribution in [2.45, 2.75) is 0 Å². The van der Waals surface area contributed by atoms with E-state index in [1.165, 1.54) is 23.2 Å². The average molecular weight is 325 g/mol. The summed E-state index contributed by atoms with van der Waals surface area (Å²) in [6, 6.07) is 7.55. The van der Waals surface area contributed by atoms with Crippen LogP contribution >= 0.6 is 15.9 Å². The third kappa shape index (κ3) is 2.73. The molecule has 0 spiro atoms. The van der Waals surface area contributed by atoms with Crippen LogP contribution in [0.1, 0.15) is 10.4 Å². The molecule has 0 atom stereocenters. The number of carbonyl (C=O) groups is 1. The number of benzene rings is 1. The van der Waals surface area contributed by atoms with Gasteiger partial charge in [0.1, 0.15) is 17.2 Å². The number of aromatic carboxylic acids is 1. The molecule has 1 N–H and O–H groups in total. The molecular formula is C13H10BrFN2O2. The van der Waals surface area contributed by atoms with Crippen molar-refractivity contribution in [3.8, 4) is 0 Å². The summed E-state index contributed by atoms with van der Waals surface area (Å²) in [6.07, 6.45) is 1.47. The minimum absolute atomic E-state index is 0.000119. The molecule has 0 saturated carbocycles. The van der Waals surface area contributed by atoms with Crippen molar-refractivity contribution in [1.29, 1.82) is 0 Å². The largest absolute Gasteiger partial charge is 0.478 e. The van der Waals surface area contributed by atoms with E-state index < -0.39 is 11.8 Å². The number of hydrogen-bond acceptors (Lipinski definition) is 3. The maximum atomic E-state index is 13.7. The smallest absolute Gasteiger partial charge is 0.339 e. The fourth-order valence-corrected chi connectivity index (χ4v) is 2.03. The van der Waals surface area contributed by atoms with Gasteiger partial charge in [0, 0.05) is 17.7 Å². The van der Waals surface area contributed by atoms with Gasteiger partial charge in [-0.1, -0.05) is 12.1 Å². The van der Waals surface area contributed by atoms with Gasteiger partial charge in [-0.05, 0) is 34.1 Å². The number of anilines is 2. The van der Waals surface area contributed by atoms with Crippen molar-refractivity contribution in [2.24, 2.45) is 0 Å². The Balaban J connectivity index is 2.53. The van der Waals surface area contributed by atoms with Gasteiger partial charge in [-0.25, -0.2) is 14.2 Å². The van der Waals surface area contributed by atoms with E-state index in [0.29, 0.717) is 4.47 Å². The predicted molar refractivity (Wildman–Crippen MR) is 73.4 cm³/mol. The van der Waals surface area contributed by atoms with Gasteiger partial charge in [-0.3, -0.25) is 0 Å². The summed E-state index contributed by atoms with van der Waals surface area (Å²) in [7, 11) is 1.57. The predicted octanol–water partition coefficient (Wildman–Crippen LogP) is 3.45. The Hall–Kier alpha value is -1.95. The summed E-state index contributed by atoms with van der Waals surface area (Å²) in [6.45, 7) is 0. The number of pyridine rings is 1. The highest BCUT2D eigenvalue weighted by atomic mass is 79.9. The number of nitrogens with zero attached hydrogens (tertiary/aromatic N) is 2. The van der Waals surface area contributed by atoms with Crippen molar-refractivity contribution >= 4 is 33.4 Å². The second kappa shape index (κ2) is 5.36. The zero-order valence-electron chi connectivity index (χ0n) is 9.97. The number of carboxylic acids is 1. The topological polar surface area (TPSA) is 53.4 Å². The van der Waals surface area contributed by atoms with Crippen LogP contribution in [-0.4, -0.2) is 23.1 Å². The summed E-state index contributed by atoms with van der Waals surface area (Å²) >= 11 is 3.17. The second-order valence-electron chi connectivity index (χ2n) is 3.84. The lowest BCUT2D eigenvalue weighted by atomic mass is 10.2. The van der Waals surface area contributed by atoms with E-state index in [1.54, 1.807) is 25.2 Å². The number of carboxylic acid groups (broad SMARTS) is 1. The van der Waals surface area contributed by atoms with E-state index in [4.69, 9.17) is 0 Å². The normalized spacial score (nSPS) is 10.3. The van der Waals surface area contributed by atoms with E-state index in [0.717, 1.165) is 0 Å². The first-order chi connectivity index (χ1) is 9.00. The van der Waals surface area contributed by atoms with E-state index in [-0.39, 0.29) is 17.1 Å². The Bertz CT molecular complexity index is 634.